The molecule has 3 aromatic rings. The molecule has 3 rings (SSSR count). The third-order valence-corrected chi connectivity index (χ3v) is 4.09. The quantitative estimate of drug-likeness (QED) is 0.755. The third-order valence-electron chi connectivity index (χ3n) is 4.09. The number of nitrogens with one attached hydrogen (secondary N) is 1. The van der Waals surface area contributed by atoms with E-state index in [0.717, 1.165) is 11.1 Å². The van der Waals surface area contributed by atoms with Gasteiger partial charge in [-0.1, -0.05) is 65.8 Å². The van der Waals surface area contributed by atoms with Gasteiger partial charge in [0.05, 0.1) is 0 Å². The van der Waals surface area contributed by atoms with E-state index in [1.807, 2.05) is 43.3 Å². The summed E-state index contributed by atoms with van der Waals surface area (Å²) in [5.41, 5.74) is 3.60. The lowest BCUT2D eigenvalue weighted by molar-refractivity contribution is -0.116. The first-order valence-electron chi connectivity index (χ1n) is 7.97. The van der Waals surface area contributed by atoms with E-state index in [0.29, 0.717) is 23.6 Å². The van der Waals surface area contributed by atoms with E-state index < -0.39 is 0 Å². The van der Waals surface area contributed by atoms with Crippen LogP contribution in [0, 0.1) is 13.8 Å². The summed E-state index contributed by atoms with van der Waals surface area (Å²) in [6, 6.07) is 20.2. The van der Waals surface area contributed by atoms with Crippen LogP contribution in [0.15, 0.2) is 65.2 Å². The highest BCUT2D eigenvalue weighted by Crippen LogP contribution is 2.29. The van der Waals surface area contributed by atoms with Crippen LogP contribution in [0.4, 0.5) is 5.69 Å². The number of carbonyl (C=O) groups is 1. The lowest BCUT2D eigenvalue weighted by Gasteiger charge is -2.17. The third kappa shape index (κ3) is 3.54. The Bertz CT molecular complexity index is 751. The summed E-state index contributed by atoms with van der Waals surface area (Å²) < 4.78 is 5.11. The van der Waals surface area contributed by atoms with Gasteiger partial charge in [0, 0.05) is 12.3 Å². The average molecular weight is 320 g/mol. The molecule has 0 saturated heterocycles. The number of nitrogens with zero attached hydrogens (tertiary/aromatic N) is 1. The Kier molecular flexibility index (Phi) is 4.75. The molecule has 0 spiro atoms. The number of hydrogen-bond acceptors (Lipinski definition) is 3. The lowest BCUT2D eigenvalue weighted by Crippen LogP contribution is -2.17. The van der Waals surface area contributed by atoms with Crippen LogP contribution < -0.4 is 5.32 Å². The second-order valence-corrected chi connectivity index (χ2v) is 5.83. The summed E-state index contributed by atoms with van der Waals surface area (Å²) in [5, 5.41) is 6.81. The predicted molar refractivity (Wildman–Crippen MR) is 94.0 cm³/mol. The summed E-state index contributed by atoms with van der Waals surface area (Å²) in [6.45, 7) is 3.61. The zero-order valence-electron chi connectivity index (χ0n) is 13.8. The molecule has 1 amide bonds. The van der Waals surface area contributed by atoms with E-state index in [1.54, 1.807) is 6.92 Å². The first-order chi connectivity index (χ1) is 11.6. The van der Waals surface area contributed by atoms with Crippen LogP contribution in [-0.4, -0.2) is 11.1 Å². The molecule has 0 atom stereocenters. The molecule has 1 heterocycles. The van der Waals surface area contributed by atoms with Crippen molar-refractivity contribution in [2.75, 3.05) is 5.32 Å². The summed E-state index contributed by atoms with van der Waals surface area (Å²) >= 11 is 0. The van der Waals surface area contributed by atoms with Crippen LogP contribution in [0.5, 0.6) is 0 Å². The van der Waals surface area contributed by atoms with Crippen molar-refractivity contribution in [1.82, 2.24) is 5.16 Å². The highest BCUT2D eigenvalue weighted by atomic mass is 16.5. The fraction of sp³-hybridized carbons (Fsp3) is 0.200. The van der Waals surface area contributed by atoms with Gasteiger partial charge in [0.15, 0.2) is 5.76 Å². The van der Waals surface area contributed by atoms with Gasteiger partial charge >= 0.3 is 0 Å². The summed E-state index contributed by atoms with van der Waals surface area (Å²) in [4.78, 5) is 12.6. The summed E-state index contributed by atoms with van der Waals surface area (Å²) in [6.07, 6.45) is 0.359. The van der Waals surface area contributed by atoms with Gasteiger partial charge in [-0.2, -0.15) is 0 Å². The van der Waals surface area contributed by atoms with Crippen LogP contribution in [-0.2, 0) is 4.79 Å². The normalized spacial score (nSPS) is 10.8. The van der Waals surface area contributed by atoms with E-state index >= 15 is 0 Å². The molecule has 0 aliphatic rings. The predicted octanol–water partition coefficient (Wildman–Crippen LogP) is 4.45. The van der Waals surface area contributed by atoms with Crippen LogP contribution in [0.2, 0.25) is 0 Å². The standard InChI is InChI=1S/C20H20N2O2/c1-14-20(15(2)24-22-14)21-19(23)13-18(16-9-5-3-6-10-16)17-11-7-4-8-12-17/h3-12,18H,13H2,1-2H3,(H,21,23). The largest absolute Gasteiger partial charge is 0.359 e. The van der Waals surface area contributed by atoms with Crippen molar-refractivity contribution in [1.29, 1.82) is 0 Å². The Hall–Kier alpha value is -2.88. The number of benzene rings is 2. The zero-order valence-corrected chi connectivity index (χ0v) is 13.8. The highest BCUT2D eigenvalue weighted by Gasteiger charge is 2.20. The number of anilines is 1. The molecule has 2 aromatic carbocycles. The lowest BCUT2D eigenvalue weighted by atomic mass is 9.88. The Labute approximate surface area is 141 Å². The minimum absolute atomic E-state index is 0.00729. The number of aryl methyl sites for hydroxylation is 2. The molecule has 4 nitrogen and oxygen atoms in total. The highest BCUT2D eigenvalue weighted by molar-refractivity contribution is 5.92. The van der Waals surface area contributed by atoms with Crippen molar-refractivity contribution in [2.45, 2.75) is 26.2 Å². The van der Waals surface area contributed by atoms with E-state index in [9.17, 15) is 4.79 Å². The van der Waals surface area contributed by atoms with Crippen molar-refractivity contribution in [3.05, 3.63) is 83.2 Å². The van der Waals surface area contributed by atoms with Gasteiger partial charge in [-0.25, -0.2) is 0 Å². The fourth-order valence-electron chi connectivity index (χ4n) is 2.84. The Morgan fingerprint density at radius 1 is 1.00 bits per heavy atom. The number of carbonyl (C=O) groups excluding carboxylic acids is 1. The molecular formula is C20H20N2O2. The molecule has 4 heteroatoms. The SMILES string of the molecule is Cc1noc(C)c1NC(=O)CC(c1ccccc1)c1ccccc1. The van der Waals surface area contributed by atoms with Gasteiger partial charge in [0.1, 0.15) is 11.4 Å². The van der Waals surface area contributed by atoms with Crippen LogP contribution >= 0.6 is 0 Å². The second-order valence-electron chi connectivity index (χ2n) is 5.83. The topological polar surface area (TPSA) is 55.1 Å². The molecule has 0 aliphatic carbocycles. The number of aromatic nitrogens is 1. The maximum atomic E-state index is 12.6. The number of rotatable bonds is 5. The molecule has 0 unspecified atom stereocenters. The van der Waals surface area contributed by atoms with E-state index in [-0.39, 0.29) is 11.8 Å². The summed E-state index contributed by atoms with van der Waals surface area (Å²) in [7, 11) is 0. The van der Waals surface area contributed by atoms with Gasteiger partial charge in [0.2, 0.25) is 5.91 Å². The van der Waals surface area contributed by atoms with Gasteiger partial charge in [0.25, 0.3) is 0 Å². The van der Waals surface area contributed by atoms with Gasteiger partial charge in [-0.3, -0.25) is 4.79 Å². The monoisotopic (exact) mass is 320 g/mol. The molecule has 1 N–H and O–H groups in total. The number of amides is 1. The Balaban J connectivity index is 1.83. The van der Waals surface area contributed by atoms with E-state index in [2.05, 4.69) is 34.7 Å². The van der Waals surface area contributed by atoms with Gasteiger partial charge in [-0.15, -0.1) is 0 Å². The average Bonchev–Trinajstić information content (AvgIpc) is 2.93. The van der Waals surface area contributed by atoms with Gasteiger partial charge in [-0.05, 0) is 25.0 Å². The smallest absolute Gasteiger partial charge is 0.225 e. The van der Waals surface area contributed by atoms with Crippen LogP contribution in [0.1, 0.15) is 34.9 Å². The second kappa shape index (κ2) is 7.13. The van der Waals surface area contributed by atoms with Crippen molar-refractivity contribution in [2.24, 2.45) is 0 Å². The van der Waals surface area contributed by atoms with E-state index in [1.165, 1.54) is 0 Å². The minimum atomic E-state index is -0.0536. The zero-order chi connectivity index (χ0) is 16.9. The molecule has 122 valence electrons. The molecule has 1 aromatic heterocycles. The first-order valence-corrected chi connectivity index (χ1v) is 7.97. The molecule has 24 heavy (non-hydrogen) atoms. The van der Waals surface area contributed by atoms with Crippen LogP contribution in [0.3, 0.4) is 0 Å². The van der Waals surface area contributed by atoms with Crippen LogP contribution in [0.25, 0.3) is 0 Å². The fourth-order valence-corrected chi connectivity index (χ4v) is 2.84. The molecule has 0 radical (unpaired) electrons. The van der Waals surface area contributed by atoms with E-state index in [4.69, 9.17) is 4.52 Å². The molecule has 0 aliphatic heterocycles. The maximum absolute atomic E-state index is 12.6. The molecular weight excluding hydrogens is 300 g/mol. The Morgan fingerprint density at radius 2 is 1.54 bits per heavy atom. The maximum Gasteiger partial charge on any atom is 0.225 e. The van der Waals surface area contributed by atoms with Gasteiger partial charge < -0.3 is 9.84 Å². The molecule has 0 fully saturated rings. The first kappa shape index (κ1) is 16.0. The number of hydrogen-bond donors (Lipinski definition) is 1. The molecule has 0 bridgehead atoms. The molecule has 0 saturated carbocycles. The Morgan fingerprint density at radius 3 is 2.00 bits per heavy atom. The van der Waals surface area contributed by atoms with Crippen molar-refractivity contribution < 1.29 is 9.32 Å². The van der Waals surface area contributed by atoms with Crippen molar-refractivity contribution in [3.8, 4) is 0 Å². The van der Waals surface area contributed by atoms with Crippen molar-refractivity contribution in [3.63, 3.8) is 0 Å². The van der Waals surface area contributed by atoms with Crippen molar-refractivity contribution >= 4 is 11.6 Å². The minimum Gasteiger partial charge on any atom is -0.359 e. The summed E-state index contributed by atoms with van der Waals surface area (Å²) in [5.74, 6) is 0.576.